The summed E-state index contributed by atoms with van der Waals surface area (Å²) in [6.07, 6.45) is 12.4. The molecule has 6 aromatic rings. The number of likely N-dealkylation sites (tertiary alicyclic amines) is 2. The Morgan fingerprint density at radius 2 is 1.75 bits per heavy atom. The van der Waals surface area contributed by atoms with Gasteiger partial charge in [0.2, 0.25) is 17.7 Å². The predicted octanol–water partition coefficient (Wildman–Crippen LogP) is 4.57. The van der Waals surface area contributed by atoms with Gasteiger partial charge in [-0.15, -0.1) is 10.2 Å². The van der Waals surface area contributed by atoms with E-state index in [1.165, 1.54) is 17.6 Å². The highest BCUT2D eigenvalue weighted by molar-refractivity contribution is 7.12. The number of rotatable bonds is 9. The molecule has 3 atom stereocenters. The molecule has 0 unspecified atom stereocenters. The number of nitriles is 2. The molecule has 2 fully saturated rings. The van der Waals surface area contributed by atoms with Crippen LogP contribution in [-0.4, -0.2) is 94.6 Å². The van der Waals surface area contributed by atoms with Gasteiger partial charge >= 0.3 is 0 Å². The minimum absolute atomic E-state index is 0.0529. The van der Waals surface area contributed by atoms with Crippen molar-refractivity contribution in [3.63, 3.8) is 0 Å². The number of amides is 2. The van der Waals surface area contributed by atoms with E-state index in [1.807, 2.05) is 36.7 Å². The first-order chi connectivity index (χ1) is 25.5. The smallest absolute Gasteiger partial charge is 0.236 e. The number of hydrogen-bond donors (Lipinski definition) is 3. The maximum absolute atomic E-state index is 13.3. The Kier molecular flexibility index (Phi) is 8.92. The molecule has 52 heavy (non-hydrogen) atoms. The summed E-state index contributed by atoms with van der Waals surface area (Å²) in [5.74, 6) is 0.00807. The number of hydrogen-bond acceptors (Lipinski definition) is 13. The van der Waals surface area contributed by atoms with Crippen LogP contribution in [0.1, 0.15) is 38.1 Å². The lowest BCUT2D eigenvalue weighted by atomic mass is 9.98. The lowest BCUT2D eigenvalue weighted by Crippen LogP contribution is -2.49. The molecule has 0 aromatic carbocycles. The highest BCUT2D eigenvalue weighted by atomic mass is 32.1. The zero-order valence-electron chi connectivity index (χ0n) is 27.9. The molecule has 16 nitrogen and oxygen atoms in total. The van der Waals surface area contributed by atoms with Crippen molar-refractivity contribution in [2.45, 2.75) is 50.2 Å². The third-order valence-corrected chi connectivity index (χ3v) is 10.4. The number of nitrogens with one attached hydrogen (secondary N) is 3. The lowest BCUT2D eigenvalue weighted by molar-refractivity contribution is -0.132. The molecule has 0 saturated carbocycles. The fraction of sp³-hybridized carbons (Fsp3) is 0.343. The zero-order valence-corrected chi connectivity index (χ0v) is 28.7. The minimum Gasteiger partial charge on any atom is -0.444 e. The topological polar surface area (TPSA) is 211 Å². The number of nitrogens with zero attached hydrogens (tertiary/aromatic N) is 10. The molecule has 262 valence electrons. The van der Waals surface area contributed by atoms with Gasteiger partial charge in [-0.1, -0.05) is 11.3 Å². The van der Waals surface area contributed by atoms with Crippen LogP contribution >= 0.6 is 11.3 Å². The summed E-state index contributed by atoms with van der Waals surface area (Å²) >= 11 is 1.41. The Morgan fingerprint density at radius 3 is 2.54 bits per heavy atom. The summed E-state index contributed by atoms with van der Waals surface area (Å²) in [4.78, 5) is 46.4. The fourth-order valence-electron chi connectivity index (χ4n) is 7.36. The van der Waals surface area contributed by atoms with Crippen molar-refractivity contribution in [3.8, 4) is 34.2 Å². The molecule has 2 aliphatic heterocycles. The van der Waals surface area contributed by atoms with Crippen molar-refractivity contribution in [2.24, 2.45) is 0 Å². The first-order valence-electron chi connectivity index (χ1n) is 16.9. The van der Waals surface area contributed by atoms with Gasteiger partial charge in [-0.05, 0) is 31.4 Å². The van der Waals surface area contributed by atoms with Crippen molar-refractivity contribution < 1.29 is 14.0 Å². The number of carbonyl (C=O) groups excluding carboxylic acids is 2. The predicted molar refractivity (Wildman–Crippen MR) is 192 cm³/mol. The second kappa shape index (κ2) is 14.1. The maximum Gasteiger partial charge on any atom is 0.236 e. The van der Waals surface area contributed by atoms with Crippen molar-refractivity contribution in [1.82, 2.24) is 44.5 Å². The van der Waals surface area contributed by atoms with Gasteiger partial charge in [0.15, 0.2) is 5.01 Å². The van der Waals surface area contributed by atoms with E-state index in [4.69, 9.17) is 14.7 Å². The third kappa shape index (κ3) is 6.26. The molecule has 2 amide bonds. The van der Waals surface area contributed by atoms with Crippen molar-refractivity contribution in [3.05, 3.63) is 54.9 Å². The second-order valence-electron chi connectivity index (χ2n) is 12.9. The third-order valence-electron chi connectivity index (χ3n) is 9.69. The molecule has 0 spiro atoms. The summed E-state index contributed by atoms with van der Waals surface area (Å²) in [7, 11) is 0. The normalized spacial score (nSPS) is 19.0. The van der Waals surface area contributed by atoms with Crippen LogP contribution in [0, 0.1) is 22.7 Å². The summed E-state index contributed by atoms with van der Waals surface area (Å²) in [6, 6.07) is 7.48. The quantitative estimate of drug-likeness (QED) is 0.188. The average Bonchev–Trinajstić information content (AvgIpc) is 4.00. The Labute approximate surface area is 301 Å². The van der Waals surface area contributed by atoms with Gasteiger partial charge in [-0.3, -0.25) is 9.59 Å². The van der Waals surface area contributed by atoms with E-state index in [1.54, 1.807) is 33.9 Å². The fourth-order valence-corrected chi connectivity index (χ4v) is 7.93. The summed E-state index contributed by atoms with van der Waals surface area (Å²) in [5.41, 5.74) is 6.21. The molecule has 8 rings (SSSR count). The van der Waals surface area contributed by atoms with Gasteiger partial charge in [-0.2, -0.15) is 10.5 Å². The molecule has 2 saturated heterocycles. The highest BCUT2D eigenvalue weighted by Crippen LogP contribution is 2.39. The van der Waals surface area contributed by atoms with E-state index in [2.05, 4.69) is 40.3 Å². The SMILES string of the molecule is N#CCC(=O)N1CCC[C@@H](Nc2c(-c3nncs3)cnc3c2ccn3[C@@H]2C[C@H](Nc3c(-c4ncco4)cnc4[nH]ccc34)CN(C(=O)CC#N)C2)C1. The molecule has 0 radical (unpaired) electrons. The molecule has 6 aromatic heterocycles. The molecule has 17 heteroatoms. The van der Waals surface area contributed by atoms with Crippen LogP contribution in [0.5, 0.6) is 0 Å². The number of aromatic nitrogens is 7. The number of carbonyl (C=O) groups is 2. The summed E-state index contributed by atoms with van der Waals surface area (Å²) in [5, 5.41) is 36.8. The van der Waals surface area contributed by atoms with Gasteiger partial charge in [0.05, 0.1) is 46.9 Å². The molecule has 3 N–H and O–H groups in total. The summed E-state index contributed by atoms with van der Waals surface area (Å²) in [6.45, 7) is 1.88. The standard InChI is InChI=1S/C35H33N13O3S/c36-7-3-28(49)46-11-1-2-21(17-46)43-31-25-6-12-48(33(25)41-16-27(31)35-45-42-20-52-35)23-14-22(18-47(19-23)29(50)4-8-37)44-30-24-5-9-38-32(24)40-15-26(30)34-39-10-13-51-34/h5-6,9-10,12-13,15-16,20-23H,1-4,11,14,17-19H2,(H,41,43)(H2,38,40,44)/t21-,22+,23-/m1/s1. The minimum atomic E-state index is -0.244. The van der Waals surface area contributed by atoms with Crippen LogP contribution in [0.3, 0.4) is 0 Å². The van der Waals surface area contributed by atoms with Gasteiger partial charge in [0.25, 0.3) is 0 Å². The van der Waals surface area contributed by atoms with Gasteiger partial charge in [0, 0.05) is 73.8 Å². The van der Waals surface area contributed by atoms with Crippen LogP contribution in [0.2, 0.25) is 0 Å². The van der Waals surface area contributed by atoms with E-state index in [-0.39, 0.29) is 42.8 Å². The number of pyridine rings is 2. The first kappa shape index (κ1) is 32.9. The van der Waals surface area contributed by atoms with Gasteiger partial charge in [0.1, 0.15) is 35.9 Å². The number of piperidine rings is 2. The second-order valence-corrected chi connectivity index (χ2v) is 13.7. The molecular weight excluding hydrogens is 683 g/mol. The molecule has 8 heterocycles. The molecule has 0 aliphatic carbocycles. The lowest BCUT2D eigenvalue weighted by Gasteiger charge is -2.39. The number of aromatic amines is 1. The average molecular weight is 716 g/mol. The number of oxazole rings is 1. The molecule has 2 aliphatic rings. The van der Waals surface area contributed by atoms with Crippen LogP contribution in [-0.2, 0) is 9.59 Å². The molecular formula is C35H33N13O3S. The highest BCUT2D eigenvalue weighted by Gasteiger charge is 2.34. The Balaban J connectivity index is 1.15. The van der Waals surface area contributed by atoms with Gasteiger partial charge in [-0.25, -0.2) is 15.0 Å². The number of H-pyrrole nitrogens is 1. The van der Waals surface area contributed by atoms with Crippen LogP contribution in [0.25, 0.3) is 44.1 Å². The number of fused-ring (bicyclic) bond motifs is 2. The van der Waals surface area contributed by atoms with Gasteiger partial charge < -0.3 is 34.4 Å². The van der Waals surface area contributed by atoms with E-state index in [0.29, 0.717) is 54.7 Å². The van der Waals surface area contributed by atoms with Crippen molar-refractivity contribution >= 4 is 56.6 Å². The number of anilines is 2. The zero-order chi connectivity index (χ0) is 35.6. The van der Waals surface area contributed by atoms with Crippen LogP contribution in [0.15, 0.2) is 59.3 Å². The summed E-state index contributed by atoms with van der Waals surface area (Å²) < 4.78 is 7.76. The monoisotopic (exact) mass is 715 g/mol. The maximum atomic E-state index is 13.3. The Hall–Kier alpha value is -6.33. The van der Waals surface area contributed by atoms with E-state index >= 15 is 0 Å². The van der Waals surface area contributed by atoms with Crippen molar-refractivity contribution in [2.75, 3.05) is 36.8 Å². The Bertz CT molecular complexity index is 2320. The largest absolute Gasteiger partial charge is 0.444 e. The first-order valence-corrected chi connectivity index (χ1v) is 17.8. The van der Waals surface area contributed by atoms with Crippen LogP contribution in [0.4, 0.5) is 11.4 Å². The van der Waals surface area contributed by atoms with Crippen molar-refractivity contribution in [1.29, 1.82) is 10.5 Å². The Morgan fingerprint density at radius 1 is 0.962 bits per heavy atom. The molecule has 0 bridgehead atoms. The van der Waals surface area contributed by atoms with Crippen LogP contribution < -0.4 is 10.6 Å². The van der Waals surface area contributed by atoms with E-state index < -0.39 is 0 Å². The van der Waals surface area contributed by atoms with E-state index in [0.717, 1.165) is 46.2 Å². The van der Waals surface area contributed by atoms with E-state index in [9.17, 15) is 14.9 Å².